The van der Waals surface area contributed by atoms with Gasteiger partial charge in [0.15, 0.2) is 0 Å². The molecule has 0 aromatic heterocycles. The number of hydrogen-bond acceptors (Lipinski definition) is 1. The Morgan fingerprint density at radius 1 is 0.720 bits per heavy atom. The Bertz CT molecular complexity index is 705. The van der Waals surface area contributed by atoms with Crippen molar-refractivity contribution in [1.82, 2.24) is 0 Å². The van der Waals surface area contributed by atoms with E-state index in [0.29, 0.717) is 6.42 Å². The van der Waals surface area contributed by atoms with Crippen molar-refractivity contribution in [2.45, 2.75) is 34.5 Å². The van der Waals surface area contributed by atoms with Crippen LogP contribution in [0.15, 0.2) is 106 Å². The zero-order valence-corrected chi connectivity index (χ0v) is 15.2. The van der Waals surface area contributed by atoms with Gasteiger partial charge in [-0.15, -0.1) is 0 Å². The molecule has 0 bridgehead atoms. The Labute approximate surface area is 151 Å². The Hall–Kier alpha value is -2.52. The Morgan fingerprint density at radius 2 is 1.08 bits per heavy atom. The van der Waals surface area contributed by atoms with Gasteiger partial charge in [0.2, 0.25) is 0 Å². The minimum Gasteiger partial charge on any atom is -0.338 e. The van der Waals surface area contributed by atoms with Crippen molar-refractivity contribution in [2.24, 2.45) is 0 Å². The molecule has 0 atom stereocenters. The van der Waals surface area contributed by atoms with Crippen molar-refractivity contribution < 1.29 is 8.98 Å². The Morgan fingerprint density at radius 3 is 1.40 bits per heavy atom. The standard InChI is InChI=1S/C22H22O2S/c1-2-12-22(23)24-25(19-13-6-3-7-14-19,20-15-8-4-9-16-20)21-17-10-5-11-18-21/h3-11,13-18H,2,12H2,1H3/p+1. The second kappa shape index (κ2) is 8.04. The Balaban J connectivity index is 2.26. The molecular formula is C22H23O2S+. The fourth-order valence-electron chi connectivity index (χ4n) is 2.79. The molecule has 0 saturated carbocycles. The van der Waals surface area contributed by atoms with Gasteiger partial charge in [-0.2, -0.15) is 0 Å². The van der Waals surface area contributed by atoms with Gasteiger partial charge in [0.05, 0.1) is 25.0 Å². The van der Waals surface area contributed by atoms with Crippen LogP contribution < -0.4 is 0 Å². The second-order valence-electron chi connectivity index (χ2n) is 5.72. The van der Waals surface area contributed by atoms with Crippen LogP contribution in [-0.4, -0.2) is 10.8 Å². The van der Waals surface area contributed by atoms with Gasteiger partial charge in [-0.05, 0) is 42.8 Å². The lowest BCUT2D eigenvalue weighted by atomic mass is 10.3. The first-order valence-corrected chi connectivity index (χ1v) is 10.1. The first-order valence-electron chi connectivity index (χ1n) is 8.50. The number of rotatable bonds is 6. The summed E-state index contributed by atoms with van der Waals surface area (Å²) in [6.45, 7) is 2.03. The van der Waals surface area contributed by atoms with E-state index in [9.17, 15) is 4.79 Å². The van der Waals surface area contributed by atoms with E-state index in [-0.39, 0.29) is 5.97 Å². The van der Waals surface area contributed by atoms with Gasteiger partial charge in [-0.1, -0.05) is 61.5 Å². The highest BCUT2D eigenvalue weighted by Gasteiger charge is 2.41. The van der Waals surface area contributed by atoms with Gasteiger partial charge in [0.25, 0.3) is 0 Å². The molecule has 0 fully saturated rings. The van der Waals surface area contributed by atoms with Crippen molar-refractivity contribution in [3.63, 3.8) is 0 Å². The third-order valence-corrected chi connectivity index (χ3v) is 7.16. The van der Waals surface area contributed by atoms with Gasteiger partial charge < -0.3 is 4.79 Å². The topological polar surface area (TPSA) is 30.6 Å². The lowest BCUT2D eigenvalue weighted by molar-refractivity contribution is 0.477. The van der Waals surface area contributed by atoms with Crippen LogP contribution in [0.3, 0.4) is 0 Å². The van der Waals surface area contributed by atoms with Crippen LogP contribution in [0.2, 0.25) is 0 Å². The third-order valence-electron chi connectivity index (χ3n) is 3.91. The van der Waals surface area contributed by atoms with Gasteiger partial charge >= 0.3 is 5.97 Å². The van der Waals surface area contributed by atoms with Gasteiger partial charge in [-0.25, -0.2) is 0 Å². The summed E-state index contributed by atoms with van der Waals surface area (Å²) in [7, 11) is -2.04. The monoisotopic (exact) mass is 351 g/mol. The van der Waals surface area contributed by atoms with E-state index in [2.05, 4.69) is 36.4 Å². The molecule has 0 unspecified atom stereocenters. The van der Waals surface area contributed by atoms with Crippen LogP contribution in [0.1, 0.15) is 19.8 Å². The summed E-state index contributed by atoms with van der Waals surface area (Å²) < 4.78 is 6.39. The molecule has 0 aliphatic heterocycles. The maximum Gasteiger partial charge on any atom is 0.495 e. The zero-order valence-electron chi connectivity index (χ0n) is 14.3. The summed E-state index contributed by atoms with van der Waals surface area (Å²) >= 11 is 0. The van der Waals surface area contributed by atoms with E-state index in [1.54, 1.807) is 0 Å². The first kappa shape index (κ1) is 17.3. The normalized spacial score (nSPS) is 11.7. The van der Waals surface area contributed by atoms with Crippen molar-refractivity contribution in [3.8, 4) is 0 Å². The fraction of sp³-hybridized carbons (Fsp3) is 0.136. The predicted octanol–water partition coefficient (Wildman–Crippen LogP) is 6.20. The van der Waals surface area contributed by atoms with Crippen molar-refractivity contribution in [1.29, 1.82) is 0 Å². The maximum atomic E-state index is 10.5. The van der Waals surface area contributed by atoms with Crippen LogP contribution >= 0.6 is 10.3 Å². The molecule has 0 saturated heterocycles. The third kappa shape index (κ3) is 3.62. The molecule has 0 heterocycles. The second-order valence-corrected chi connectivity index (χ2v) is 8.42. The van der Waals surface area contributed by atoms with Gasteiger partial charge in [-0.3, -0.25) is 4.18 Å². The number of benzene rings is 3. The molecule has 0 spiro atoms. The van der Waals surface area contributed by atoms with Gasteiger partial charge in [0.1, 0.15) is 6.42 Å². The van der Waals surface area contributed by atoms with E-state index >= 15 is 0 Å². The summed E-state index contributed by atoms with van der Waals surface area (Å²) in [5.74, 6) is 0.0917. The van der Waals surface area contributed by atoms with Crippen LogP contribution in [0.4, 0.5) is 0 Å². The SMILES string of the molecule is CCCC(=[OH+])OS(c1ccccc1)(c1ccccc1)c1ccccc1. The number of hydrogen-bond donors (Lipinski definition) is 0. The molecule has 3 aromatic rings. The predicted molar refractivity (Wildman–Crippen MR) is 105 cm³/mol. The lowest BCUT2D eigenvalue weighted by Crippen LogP contribution is -2.13. The summed E-state index contributed by atoms with van der Waals surface area (Å²) in [6, 6.07) is 30.6. The number of carbonyl (C=O) groups excluding carboxylic acids is 1. The Kier molecular flexibility index (Phi) is 5.56. The lowest BCUT2D eigenvalue weighted by Gasteiger charge is -2.33. The molecule has 3 heteroatoms. The molecule has 0 amide bonds. The highest BCUT2D eigenvalue weighted by atomic mass is 32.3. The summed E-state index contributed by atoms with van der Waals surface area (Å²) in [6.07, 6.45) is 1.36. The minimum absolute atomic E-state index is 0.0917. The summed E-state index contributed by atoms with van der Waals surface area (Å²) in [5.41, 5.74) is 0. The molecule has 2 nitrogen and oxygen atoms in total. The molecule has 0 radical (unpaired) electrons. The molecule has 3 rings (SSSR count). The van der Waals surface area contributed by atoms with Crippen molar-refractivity contribution in [3.05, 3.63) is 91.0 Å². The van der Waals surface area contributed by atoms with E-state index in [0.717, 1.165) is 21.1 Å². The molecule has 0 aliphatic carbocycles. The van der Waals surface area contributed by atoms with Crippen molar-refractivity contribution in [2.75, 3.05) is 0 Å². The first-order chi connectivity index (χ1) is 12.3. The van der Waals surface area contributed by atoms with E-state index in [1.165, 1.54) is 0 Å². The van der Waals surface area contributed by atoms with Crippen LogP contribution in [0.5, 0.6) is 0 Å². The van der Waals surface area contributed by atoms with E-state index < -0.39 is 10.3 Å². The smallest absolute Gasteiger partial charge is 0.338 e. The zero-order chi connectivity index (χ0) is 17.5. The summed E-state index contributed by atoms with van der Waals surface area (Å²) in [5, 5.41) is 0. The van der Waals surface area contributed by atoms with Crippen molar-refractivity contribution >= 4 is 16.3 Å². The maximum absolute atomic E-state index is 10.5. The van der Waals surface area contributed by atoms with Crippen LogP contribution in [0, 0.1) is 0 Å². The van der Waals surface area contributed by atoms with Crippen LogP contribution in [0.25, 0.3) is 0 Å². The molecule has 3 aromatic carbocycles. The van der Waals surface area contributed by atoms with E-state index in [1.807, 2.05) is 61.5 Å². The molecule has 1 N–H and O–H groups in total. The quantitative estimate of drug-likeness (QED) is 0.486. The van der Waals surface area contributed by atoms with E-state index in [4.69, 9.17) is 4.18 Å². The minimum atomic E-state index is -2.04. The van der Waals surface area contributed by atoms with Gasteiger partial charge in [0, 0.05) is 0 Å². The summed E-state index contributed by atoms with van der Waals surface area (Å²) in [4.78, 5) is 13.7. The highest BCUT2D eigenvalue weighted by molar-refractivity contribution is 8.30. The highest BCUT2D eigenvalue weighted by Crippen LogP contribution is 2.69. The molecule has 0 aliphatic rings. The van der Waals surface area contributed by atoms with Crippen LogP contribution in [-0.2, 0) is 4.18 Å². The fourth-order valence-corrected chi connectivity index (χ4v) is 5.89. The average molecular weight is 351 g/mol. The molecular weight excluding hydrogens is 328 g/mol. The molecule has 128 valence electrons. The largest absolute Gasteiger partial charge is 0.495 e. The average Bonchev–Trinajstić information content (AvgIpc) is 2.68. The molecule has 25 heavy (non-hydrogen) atoms.